The molecule has 0 heterocycles. The third kappa shape index (κ3) is 4.38. The largest absolute Gasteiger partial charge is 0.397 e. The van der Waals surface area contributed by atoms with Crippen LogP contribution in [0.5, 0.6) is 0 Å². The van der Waals surface area contributed by atoms with E-state index < -0.39 is 6.10 Å². The molecule has 0 aliphatic rings. The summed E-state index contributed by atoms with van der Waals surface area (Å²) in [5, 5.41) is 12.6. The lowest BCUT2D eigenvalue weighted by Crippen LogP contribution is -2.18. The number of hydrogen-bond acceptors (Lipinski definition) is 4. The van der Waals surface area contributed by atoms with E-state index in [0.29, 0.717) is 25.3 Å². The van der Waals surface area contributed by atoms with Gasteiger partial charge >= 0.3 is 0 Å². The maximum absolute atomic E-state index is 9.44. The first-order valence-electron chi connectivity index (χ1n) is 5.09. The summed E-state index contributed by atoms with van der Waals surface area (Å²) in [6, 6.07) is 5.67. The summed E-state index contributed by atoms with van der Waals surface area (Å²) >= 11 is 3.34. The molecule has 1 unspecified atom stereocenters. The quantitative estimate of drug-likeness (QED) is 0.699. The van der Waals surface area contributed by atoms with E-state index in [9.17, 15) is 5.11 Å². The van der Waals surface area contributed by atoms with Crippen LogP contribution in [-0.4, -0.2) is 31.5 Å². The van der Waals surface area contributed by atoms with Crippen LogP contribution in [-0.2, 0) is 4.74 Å². The lowest BCUT2D eigenvalue weighted by molar-refractivity contribution is 0.0615. The molecule has 0 spiro atoms. The Morgan fingerprint density at radius 1 is 1.56 bits per heavy atom. The van der Waals surface area contributed by atoms with Gasteiger partial charge in [0.2, 0.25) is 0 Å². The summed E-state index contributed by atoms with van der Waals surface area (Å²) < 4.78 is 5.79. The van der Waals surface area contributed by atoms with Crippen molar-refractivity contribution in [2.45, 2.75) is 12.5 Å². The monoisotopic (exact) mass is 288 g/mol. The van der Waals surface area contributed by atoms with Crippen molar-refractivity contribution < 1.29 is 9.84 Å². The van der Waals surface area contributed by atoms with Crippen LogP contribution >= 0.6 is 15.9 Å². The second kappa shape index (κ2) is 6.73. The molecule has 16 heavy (non-hydrogen) atoms. The van der Waals surface area contributed by atoms with Crippen LogP contribution in [0.4, 0.5) is 11.4 Å². The number of aliphatic hydroxyl groups excluding tert-OH is 1. The average Bonchev–Trinajstić information content (AvgIpc) is 2.22. The Morgan fingerprint density at radius 2 is 2.31 bits per heavy atom. The number of aliphatic hydroxyl groups is 1. The van der Waals surface area contributed by atoms with E-state index >= 15 is 0 Å². The van der Waals surface area contributed by atoms with Gasteiger partial charge in [0, 0.05) is 18.1 Å². The smallest absolute Gasteiger partial charge is 0.0790 e. The van der Waals surface area contributed by atoms with Gasteiger partial charge in [0.1, 0.15) is 0 Å². The van der Waals surface area contributed by atoms with Crippen LogP contribution in [0.2, 0.25) is 0 Å². The molecule has 1 rings (SSSR count). The minimum Gasteiger partial charge on any atom is -0.397 e. The third-order valence-corrected chi connectivity index (χ3v) is 2.66. The molecular weight excluding hydrogens is 272 g/mol. The van der Waals surface area contributed by atoms with Gasteiger partial charge in [-0.1, -0.05) is 15.9 Å². The fraction of sp³-hybridized carbons (Fsp3) is 0.455. The standard InChI is InChI=1S/C11H17BrN2O2/c1-16-7-9(15)4-5-14-11-3-2-8(12)6-10(11)13/h2-3,6,9,14-15H,4-5,7,13H2,1H3. The van der Waals surface area contributed by atoms with Gasteiger partial charge < -0.3 is 20.9 Å². The van der Waals surface area contributed by atoms with Crippen LogP contribution in [0.15, 0.2) is 22.7 Å². The highest BCUT2D eigenvalue weighted by Crippen LogP contribution is 2.22. The molecule has 1 atom stereocenters. The first-order chi connectivity index (χ1) is 7.63. The van der Waals surface area contributed by atoms with Gasteiger partial charge in [-0.15, -0.1) is 0 Å². The van der Waals surface area contributed by atoms with Crippen molar-refractivity contribution >= 4 is 27.3 Å². The zero-order valence-electron chi connectivity index (χ0n) is 9.24. The van der Waals surface area contributed by atoms with E-state index in [1.54, 1.807) is 7.11 Å². The number of halogens is 1. The molecule has 0 aliphatic carbocycles. The summed E-state index contributed by atoms with van der Waals surface area (Å²) in [6.45, 7) is 1.02. The van der Waals surface area contributed by atoms with Crippen molar-refractivity contribution in [3.63, 3.8) is 0 Å². The fourth-order valence-electron chi connectivity index (χ4n) is 1.34. The lowest BCUT2D eigenvalue weighted by Gasteiger charge is -2.12. The van der Waals surface area contributed by atoms with Crippen molar-refractivity contribution in [1.82, 2.24) is 0 Å². The number of methoxy groups -OCH3 is 1. The highest BCUT2D eigenvalue weighted by Gasteiger charge is 2.03. The third-order valence-electron chi connectivity index (χ3n) is 2.17. The van der Waals surface area contributed by atoms with Crippen LogP contribution in [0.1, 0.15) is 6.42 Å². The number of nitrogen functional groups attached to an aromatic ring is 1. The molecule has 1 aromatic carbocycles. The van der Waals surface area contributed by atoms with Crippen LogP contribution < -0.4 is 11.1 Å². The molecule has 5 heteroatoms. The Balaban J connectivity index is 2.37. The molecule has 90 valence electrons. The summed E-state index contributed by atoms with van der Waals surface area (Å²) in [5.74, 6) is 0. The number of nitrogens with two attached hydrogens (primary N) is 1. The Labute approximate surface area is 104 Å². The van der Waals surface area contributed by atoms with E-state index in [0.717, 1.165) is 10.2 Å². The molecule has 0 saturated carbocycles. The molecule has 0 fully saturated rings. The van der Waals surface area contributed by atoms with Gasteiger partial charge in [-0.25, -0.2) is 0 Å². The van der Waals surface area contributed by atoms with Crippen molar-refractivity contribution in [2.24, 2.45) is 0 Å². The molecule has 4 N–H and O–H groups in total. The number of benzene rings is 1. The maximum atomic E-state index is 9.44. The van der Waals surface area contributed by atoms with Crippen LogP contribution in [0, 0.1) is 0 Å². The van der Waals surface area contributed by atoms with E-state index in [2.05, 4.69) is 21.2 Å². The van der Waals surface area contributed by atoms with Crippen molar-refractivity contribution in [3.8, 4) is 0 Å². The van der Waals surface area contributed by atoms with Gasteiger partial charge in [-0.05, 0) is 24.6 Å². The minimum atomic E-state index is -0.436. The first kappa shape index (κ1) is 13.3. The zero-order valence-corrected chi connectivity index (χ0v) is 10.8. The molecule has 0 radical (unpaired) electrons. The average molecular weight is 289 g/mol. The predicted octanol–water partition coefficient (Wildman–Crippen LogP) is 1.84. The molecule has 0 saturated heterocycles. The van der Waals surface area contributed by atoms with Crippen molar-refractivity contribution in [3.05, 3.63) is 22.7 Å². The summed E-state index contributed by atoms with van der Waals surface area (Å²) in [4.78, 5) is 0. The Hall–Kier alpha value is -0.780. The van der Waals surface area contributed by atoms with E-state index in [1.165, 1.54) is 0 Å². The predicted molar refractivity (Wildman–Crippen MR) is 69.5 cm³/mol. The second-order valence-electron chi connectivity index (χ2n) is 3.56. The van der Waals surface area contributed by atoms with Gasteiger partial charge in [0.05, 0.1) is 24.1 Å². The summed E-state index contributed by atoms with van der Waals surface area (Å²) in [5.41, 5.74) is 7.39. The molecular formula is C11H17BrN2O2. The van der Waals surface area contributed by atoms with E-state index in [-0.39, 0.29) is 0 Å². The molecule has 1 aromatic rings. The number of nitrogens with one attached hydrogen (secondary N) is 1. The summed E-state index contributed by atoms with van der Waals surface area (Å²) in [7, 11) is 1.57. The van der Waals surface area contributed by atoms with E-state index in [1.807, 2.05) is 18.2 Å². The second-order valence-corrected chi connectivity index (χ2v) is 4.47. The molecule has 4 nitrogen and oxygen atoms in total. The Bertz CT molecular complexity index is 334. The fourth-order valence-corrected chi connectivity index (χ4v) is 1.72. The van der Waals surface area contributed by atoms with Gasteiger partial charge in [-0.2, -0.15) is 0 Å². The van der Waals surface area contributed by atoms with Crippen LogP contribution in [0.25, 0.3) is 0 Å². The molecule has 0 amide bonds. The Morgan fingerprint density at radius 3 is 2.94 bits per heavy atom. The normalized spacial score (nSPS) is 12.4. The number of rotatable bonds is 6. The molecule has 0 aromatic heterocycles. The zero-order chi connectivity index (χ0) is 12.0. The van der Waals surface area contributed by atoms with Gasteiger partial charge in [0.25, 0.3) is 0 Å². The highest BCUT2D eigenvalue weighted by molar-refractivity contribution is 9.10. The minimum absolute atomic E-state index is 0.359. The number of hydrogen-bond donors (Lipinski definition) is 3. The molecule has 0 bridgehead atoms. The van der Waals surface area contributed by atoms with E-state index in [4.69, 9.17) is 10.5 Å². The van der Waals surface area contributed by atoms with Crippen molar-refractivity contribution in [2.75, 3.05) is 31.3 Å². The topological polar surface area (TPSA) is 67.5 Å². The van der Waals surface area contributed by atoms with Crippen molar-refractivity contribution in [1.29, 1.82) is 0 Å². The highest BCUT2D eigenvalue weighted by atomic mass is 79.9. The van der Waals surface area contributed by atoms with Gasteiger partial charge in [-0.3, -0.25) is 0 Å². The lowest BCUT2D eigenvalue weighted by atomic mass is 10.2. The summed E-state index contributed by atoms with van der Waals surface area (Å²) in [6.07, 6.45) is 0.192. The van der Waals surface area contributed by atoms with Gasteiger partial charge in [0.15, 0.2) is 0 Å². The molecule has 0 aliphatic heterocycles. The Kier molecular flexibility index (Phi) is 5.59. The number of anilines is 2. The first-order valence-corrected chi connectivity index (χ1v) is 5.88. The van der Waals surface area contributed by atoms with Crippen LogP contribution in [0.3, 0.4) is 0 Å². The maximum Gasteiger partial charge on any atom is 0.0790 e. The SMILES string of the molecule is COCC(O)CCNc1ccc(Br)cc1N. The number of ether oxygens (including phenoxy) is 1.